The summed E-state index contributed by atoms with van der Waals surface area (Å²) in [6, 6.07) is 15.2. The molecule has 0 radical (unpaired) electrons. The van der Waals surface area contributed by atoms with Crippen molar-refractivity contribution < 1.29 is 18.7 Å². The molecule has 3 aromatic heterocycles. The lowest BCUT2D eigenvalue weighted by atomic mass is 10.2. The van der Waals surface area contributed by atoms with Crippen molar-refractivity contribution in [2.75, 3.05) is 12.4 Å². The van der Waals surface area contributed by atoms with Gasteiger partial charge in [-0.3, -0.25) is 14.6 Å². The summed E-state index contributed by atoms with van der Waals surface area (Å²) in [5.74, 6) is 0.944. The summed E-state index contributed by atoms with van der Waals surface area (Å²) in [7, 11) is 1.53. The molecule has 0 fully saturated rings. The number of rotatable bonds is 7. The number of carbonyl (C=O) groups excluding carboxylic acids is 1. The number of H-pyrrole nitrogens is 1. The van der Waals surface area contributed by atoms with Gasteiger partial charge in [-0.05, 0) is 54.1 Å². The smallest absolute Gasteiger partial charge is 0.261 e. The topological polar surface area (TPSA) is 106 Å². The number of aromatic amines is 1. The van der Waals surface area contributed by atoms with Crippen LogP contribution in [0.2, 0.25) is 0 Å². The van der Waals surface area contributed by atoms with Gasteiger partial charge in [0.15, 0.2) is 11.5 Å². The minimum absolute atomic E-state index is 0.0228. The third-order valence-electron chi connectivity index (χ3n) is 4.51. The van der Waals surface area contributed by atoms with Crippen molar-refractivity contribution in [1.82, 2.24) is 9.97 Å². The quantitative estimate of drug-likeness (QED) is 0.473. The number of anilines is 1. The summed E-state index contributed by atoms with van der Waals surface area (Å²) in [5, 5.41) is 2.72. The van der Waals surface area contributed by atoms with Gasteiger partial charge in [0.2, 0.25) is 0 Å². The maximum absolute atomic E-state index is 12.6. The molecule has 31 heavy (non-hydrogen) atoms. The van der Waals surface area contributed by atoms with Crippen LogP contribution in [0, 0.1) is 0 Å². The molecule has 8 heteroatoms. The van der Waals surface area contributed by atoms with Gasteiger partial charge in [-0.2, -0.15) is 0 Å². The number of nitrogens with one attached hydrogen (secondary N) is 2. The lowest BCUT2D eigenvalue weighted by molar-refractivity contribution is 0.102. The molecule has 2 N–H and O–H groups in total. The first-order valence-corrected chi connectivity index (χ1v) is 9.42. The van der Waals surface area contributed by atoms with E-state index in [4.69, 9.17) is 13.9 Å². The van der Waals surface area contributed by atoms with E-state index < -0.39 is 11.5 Å². The fraction of sp³-hybridized carbons (Fsp3) is 0.0870. The van der Waals surface area contributed by atoms with Crippen LogP contribution in [0.15, 0.2) is 82.5 Å². The van der Waals surface area contributed by atoms with Crippen molar-refractivity contribution >= 4 is 11.6 Å². The summed E-state index contributed by atoms with van der Waals surface area (Å²) in [6.07, 6.45) is 4.87. The fourth-order valence-corrected chi connectivity index (χ4v) is 2.93. The van der Waals surface area contributed by atoms with E-state index in [0.29, 0.717) is 35.2 Å². The van der Waals surface area contributed by atoms with E-state index in [2.05, 4.69) is 15.3 Å². The number of nitrogens with zero attached hydrogens (tertiary/aromatic N) is 1. The van der Waals surface area contributed by atoms with E-state index in [9.17, 15) is 9.59 Å². The van der Waals surface area contributed by atoms with Crippen LogP contribution in [0.25, 0.3) is 11.5 Å². The molecule has 0 aliphatic heterocycles. The second-order valence-electron chi connectivity index (χ2n) is 6.56. The number of furan rings is 1. The lowest BCUT2D eigenvalue weighted by Crippen LogP contribution is -2.23. The number of ether oxygens (including phenoxy) is 2. The Morgan fingerprint density at radius 2 is 1.94 bits per heavy atom. The molecule has 3 heterocycles. The predicted octanol–water partition coefficient (Wildman–Crippen LogP) is 3.87. The first-order chi connectivity index (χ1) is 15.1. The third kappa shape index (κ3) is 4.64. The Bertz CT molecular complexity index is 1230. The fourth-order valence-electron chi connectivity index (χ4n) is 2.93. The minimum atomic E-state index is -0.544. The van der Waals surface area contributed by atoms with Gasteiger partial charge >= 0.3 is 0 Å². The summed E-state index contributed by atoms with van der Waals surface area (Å²) in [4.78, 5) is 31.7. The molecule has 1 amide bonds. The summed E-state index contributed by atoms with van der Waals surface area (Å²) >= 11 is 0. The van der Waals surface area contributed by atoms with E-state index in [0.717, 1.165) is 5.56 Å². The molecular formula is C23H19N3O5. The summed E-state index contributed by atoms with van der Waals surface area (Å²) in [5.41, 5.74) is 1.35. The molecule has 0 aliphatic carbocycles. The van der Waals surface area contributed by atoms with Gasteiger partial charge in [0.1, 0.15) is 17.9 Å². The highest BCUT2D eigenvalue weighted by Gasteiger charge is 2.14. The highest BCUT2D eigenvalue weighted by Crippen LogP contribution is 2.31. The van der Waals surface area contributed by atoms with Gasteiger partial charge in [-0.1, -0.05) is 0 Å². The van der Waals surface area contributed by atoms with Gasteiger partial charge in [-0.25, -0.2) is 0 Å². The highest BCUT2D eigenvalue weighted by atomic mass is 16.5. The molecule has 0 saturated heterocycles. The Morgan fingerprint density at radius 3 is 2.65 bits per heavy atom. The molecule has 0 saturated carbocycles. The second kappa shape index (κ2) is 9.00. The second-order valence-corrected chi connectivity index (χ2v) is 6.56. The molecule has 156 valence electrons. The molecule has 0 atom stereocenters. The van der Waals surface area contributed by atoms with Crippen LogP contribution < -0.4 is 20.3 Å². The standard InChI is InChI=1S/C23H19N3O5/c1-29-20-7-4-16(13-21(20)31-14-15-8-10-24-11-9-15)25-22(27)17-5-6-18(26-23(17)28)19-3-2-12-30-19/h2-13H,14H2,1H3,(H,25,27)(H,26,28). The molecule has 4 rings (SSSR count). The SMILES string of the molecule is COc1ccc(NC(=O)c2ccc(-c3ccco3)[nH]c2=O)cc1OCc1ccncc1. The normalized spacial score (nSPS) is 10.5. The van der Waals surface area contributed by atoms with Crippen LogP contribution in [0.4, 0.5) is 5.69 Å². The molecule has 0 bridgehead atoms. The number of benzene rings is 1. The number of methoxy groups -OCH3 is 1. The van der Waals surface area contributed by atoms with Gasteiger partial charge in [0, 0.05) is 24.1 Å². The van der Waals surface area contributed by atoms with Crippen molar-refractivity contribution in [2.45, 2.75) is 6.61 Å². The van der Waals surface area contributed by atoms with Crippen LogP contribution in [0.3, 0.4) is 0 Å². The Labute approximate surface area is 177 Å². The third-order valence-corrected chi connectivity index (χ3v) is 4.51. The van der Waals surface area contributed by atoms with Gasteiger partial charge in [-0.15, -0.1) is 0 Å². The maximum Gasteiger partial charge on any atom is 0.261 e. The van der Waals surface area contributed by atoms with E-state index in [-0.39, 0.29) is 5.56 Å². The number of carbonyl (C=O) groups is 1. The largest absolute Gasteiger partial charge is 0.493 e. The zero-order chi connectivity index (χ0) is 21.6. The van der Waals surface area contributed by atoms with Crippen LogP contribution in [0.5, 0.6) is 11.5 Å². The van der Waals surface area contributed by atoms with E-state index in [1.54, 1.807) is 48.8 Å². The molecular weight excluding hydrogens is 398 g/mol. The van der Waals surface area contributed by atoms with Crippen molar-refractivity contribution in [3.63, 3.8) is 0 Å². The molecule has 0 unspecified atom stereocenters. The van der Waals surface area contributed by atoms with Crippen LogP contribution in [0.1, 0.15) is 15.9 Å². The minimum Gasteiger partial charge on any atom is -0.493 e. The lowest BCUT2D eigenvalue weighted by Gasteiger charge is -2.13. The zero-order valence-corrected chi connectivity index (χ0v) is 16.6. The van der Waals surface area contributed by atoms with Crippen LogP contribution >= 0.6 is 0 Å². The number of aromatic nitrogens is 2. The van der Waals surface area contributed by atoms with Crippen molar-refractivity contribution in [1.29, 1.82) is 0 Å². The molecule has 4 aromatic rings. The maximum atomic E-state index is 12.6. The van der Waals surface area contributed by atoms with Crippen molar-refractivity contribution in [2.24, 2.45) is 0 Å². The average molecular weight is 417 g/mol. The molecule has 0 spiro atoms. The zero-order valence-electron chi connectivity index (χ0n) is 16.6. The highest BCUT2D eigenvalue weighted by molar-refractivity contribution is 6.04. The van der Waals surface area contributed by atoms with Crippen molar-refractivity contribution in [3.05, 3.63) is 94.7 Å². The Morgan fingerprint density at radius 1 is 1.10 bits per heavy atom. The van der Waals surface area contributed by atoms with Crippen LogP contribution in [-0.4, -0.2) is 23.0 Å². The Balaban J connectivity index is 1.51. The van der Waals surface area contributed by atoms with Gasteiger partial charge in [0.25, 0.3) is 11.5 Å². The van der Waals surface area contributed by atoms with E-state index >= 15 is 0 Å². The number of pyridine rings is 2. The van der Waals surface area contributed by atoms with E-state index in [1.807, 2.05) is 12.1 Å². The van der Waals surface area contributed by atoms with Crippen LogP contribution in [-0.2, 0) is 6.61 Å². The Kier molecular flexibility index (Phi) is 5.79. The predicted molar refractivity (Wildman–Crippen MR) is 114 cm³/mol. The van der Waals surface area contributed by atoms with Crippen molar-refractivity contribution in [3.8, 4) is 23.0 Å². The molecule has 8 nitrogen and oxygen atoms in total. The van der Waals surface area contributed by atoms with E-state index in [1.165, 1.54) is 19.4 Å². The molecule has 0 aliphatic rings. The van der Waals surface area contributed by atoms with Gasteiger partial charge < -0.3 is 24.2 Å². The average Bonchev–Trinajstić information content (AvgIpc) is 3.33. The summed E-state index contributed by atoms with van der Waals surface area (Å²) in [6.45, 7) is 0.310. The summed E-state index contributed by atoms with van der Waals surface area (Å²) < 4.78 is 16.4. The Hall–Kier alpha value is -4.33. The molecule has 1 aromatic carbocycles. The van der Waals surface area contributed by atoms with Gasteiger partial charge in [0.05, 0.1) is 19.1 Å². The number of hydrogen-bond acceptors (Lipinski definition) is 6. The number of amides is 1. The number of hydrogen-bond donors (Lipinski definition) is 2. The first kappa shape index (κ1) is 20.0. The monoisotopic (exact) mass is 417 g/mol. The first-order valence-electron chi connectivity index (χ1n) is 9.42.